The van der Waals surface area contributed by atoms with Crippen LogP contribution in [0.1, 0.15) is 44.7 Å². The summed E-state index contributed by atoms with van der Waals surface area (Å²) in [6, 6.07) is 2.20. The Morgan fingerprint density at radius 1 is 1.30 bits per heavy atom. The van der Waals surface area contributed by atoms with Crippen molar-refractivity contribution in [1.82, 2.24) is 24.6 Å². The predicted octanol–water partition coefficient (Wildman–Crippen LogP) is 3.22. The van der Waals surface area contributed by atoms with Gasteiger partial charge in [-0.05, 0) is 25.0 Å². The van der Waals surface area contributed by atoms with Crippen LogP contribution in [0.15, 0.2) is 29.8 Å². The zero-order valence-electron chi connectivity index (χ0n) is 16.3. The van der Waals surface area contributed by atoms with Gasteiger partial charge in [-0.15, -0.1) is 0 Å². The number of nitrogens with one attached hydrogen (secondary N) is 1. The summed E-state index contributed by atoms with van der Waals surface area (Å²) < 4.78 is 1.98. The fourth-order valence-electron chi connectivity index (χ4n) is 3.38. The van der Waals surface area contributed by atoms with Crippen molar-refractivity contribution in [2.75, 3.05) is 24.7 Å². The van der Waals surface area contributed by atoms with Crippen molar-refractivity contribution >= 4 is 23.5 Å². The second-order valence-electron chi connectivity index (χ2n) is 7.39. The molecule has 27 heavy (non-hydrogen) atoms. The van der Waals surface area contributed by atoms with Crippen LogP contribution in [-0.4, -0.2) is 49.9 Å². The lowest BCUT2D eigenvalue weighted by Gasteiger charge is -2.32. The third kappa shape index (κ3) is 5.52. The molecule has 8 heteroatoms. The van der Waals surface area contributed by atoms with E-state index in [9.17, 15) is 4.79 Å². The molecule has 0 spiro atoms. The Hall–Kier alpha value is -1.93. The lowest BCUT2D eigenvalue weighted by molar-refractivity contribution is -0.116. The highest BCUT2D eigenvalue weighted by molar-refractivity contribution is 7.98. The quantitative estimate of drug-likeness (QED) is 0.580. The summed E-state index contributed by atoms with van der Waals surface area (Å²) >= 11 is 1.56. The first-order valence-corrected chi connectivity index (χ1v) is 10.7. The maximum atomic E-state index is 12.1. The Labute approximate surface area is 165 Å². The van der Waals surface area contributed by atoms with Crippen molar-refractivity contribution in [3.63, 3.8) is 0 Å². The number of nitrogens with zero attached hydrogens (tertiary/aromatic N) is 5. The second kappa shape index (κ2) is 9.32. The number of piperidine rings is 1. The summed E-state index contributed by atoms with van der Waals surface area (Å²) in [5.74, 6) is 1.21. The van der Waals surface area contributed by atoms with E-state index >= 15 is 0 Å². The largest absolute Gasteiger partial charge is 0.311 e. The van der Waals surface area contributed by atoms with Gasteiger partial charge in [0.2, 0.25) is 5.91 Å². The minimum Gasteiger partial charge on any atom is -0.311 e. The minimum atomic E-state index is 0.0536. The summed E-state index contributed by atoms with van der Waals surface area (Å²) in [4.78, 5) is 23.2. The van der Waals surface area contributed by atoms with E-state index in [1.807, 2.05) is 43.2 Å². The normalized spacial score (nSPS) is 16.0. The van der Waals surface area contributed by atoms with Crippen LogP contribution in [0.25, 0.3) is 0 Å². The fourth-order valence-corrected chi connectivity index (χ4v) is 3.70. The van der Waals surface area contributed by atoms with Crippen molar-refractivity contribution in [2.45, 2.75) is 50.9 Å². The van der Waals surface area contributed by atoms with Gasteiger partial charge in [0.05, 0.1) is 12.2 Å². The van der Waals surface area contributed by atoms with E-state index in [0.717, 1.165) is 49.0 Å². The van der Waals surface area contributed by atoms with E-state index in [1.54, 1.807) is 18.0 Å². The summed E-state index contributed by atoms with van der Waals surface area (Å²) in [6.45, 7) is 6.96. The summed E-state index contributed by atoms with van der Waals surface area (Å²) in [6.07, 6.45) is 10.1. The van der Waals surface area contributed by atoms with Crippen LogP contribution in [0.5, 0.6) is 0 Å². The Bertz CT molecular complexity index is 737. The van der Waals surface area contributed by atoms with Crippen molar-refractivity contribution in [3.8, 4) is 0 Å². The zero-order valence-corrected chi connectivity index (χ0v) is 17.1. The number of aromatic nitrogens is 4. The maximum absolute atomic E-state index is 12.1. The van der Waals surface area contributed by atoms with Crippen LogP contribution in [0.2, 0.25) is 0 Å². The van der Waals surface area contributed by atoms with Gasteiger partial charge in [0.25, 0.3) is 0 Å². The molecule has 7 nitrogen and oxygen atoms in total. The molecule has 0 radical (unpaired) electrons. The molecule has 0 atom stereocenters. The molecule has 3 rings (SSSR count). The van der Waals surface area contributed by atoms with Crippen LogP contribution < -0.4 is 5.32 Å². The molecule has 0 aromatic carbocycles. The highest BCUT2D eigenvalue weighted by atomic mass is 32.2. The van der Waals surface area contributed by atoms with Gasteiger partial charge in [-0.1, -0.05) is 25.6 Å². The monoisotopic (exact) mass is 388 g/mol. The first-order chi connectivity index (χ1) is 13.0. The molecule has 1 fully saturated rings. The zero-order chi connectivity index (χ0) is 19.2. The average Bonchev–Trinajstić information content (AvgIpc) is 3.10. The second-order valence-corrected chi connectivity index (χ2v) is 8.17. The molecule has 146 valence electrons. The van der Waals surface area contributed by atoms with E-state index < -0.39 is 0 Å². The van der Waals surface area contributed by atoms with Crippen molar-refractivity contribution in [3.05, 3.63) is 30.2 Å². The molecule has 1 amide bonds. The van der Waals surface area contributed by atoms with Crippen LogP contribution in [0, 0.1) is 5.92 Å². The number of hydrogen-bond acceptors (Lipinski definition) is 6. The summed E-state index contributed by atoms with van der Waals surface area (Å²) in [5.41, 5.74) is 1.15. The number of carbonyl (C=O) groups excluding carboxylic acids is 1. The number of anilines is 1. The molecule has 1 aliphatic rings. The SMILES string of the molecule is CSc1ncc(CN2CCC(n3nccc3NC(=O)CC(C)C)CC2)cn1. The van der Waals surface area contributed by atoms with E-state index in [2.05, 4.69) is 25.3 Å². The van der Waals surface area contributed by atoms with Gasteiger partial charge in [0.15, 0.2) is 5.16 Å². The number of likely N-dealkylation sites (tertiary alicyclic amines) is 1. The van der Waals surface area contributed by atoms with E-state index in [4.69, 9.17) is 0 Å². The molecule has 2 aromatic heterocycles. The number of carbonyl (C=O) groups is 1. The van der Waals surface area contributed by atoms with Crippen LogP contribution in [-0.2, 0) is 11.3 Å². The molecule has 0 bridgehead atoms. The molecule has 1 saturated heterocycles. The van der Waals surface area contributed by atoms with Gasteiger partial charge in [-0.2, -0.15) is 5.10 Å². The molecule has 1 aliphatic heterocycles. The van der Waals surface area contributed by atoms with E-state index in [0.29, 0.717) is 18.4 Å². The Morgan fingerprint density at radius 3 is 2.63 bits per heavy atom. The highest BCUT2D eigenvalue weighted by Gasteiger charge is 2.23. The Morgan fingerprint density at radius 2 is 2.00 bits per heavy atom. The number of rotatable bonds is 7. The Kier molecular flexibility index (Phi) is 6.84. The topological polar surface area (TPSA) is 75.9 Å². The van der Waals surface area contributed by atoms with E-state index in [-0.39, 0.29) is 5.91 Å². The molecule has 2 aromatic rings. The Balaban J connectivity index is 1.53. The summed E-state index contributed by atoms with van der Waals surface area (Å²) in [5, 5.41) is 8.28. The van der Waals surface area contributed by atoms with Crippen LogP contribution in [0.3, 0.4) is 0 Å². The van der Waals surface area contributed by atoms with Gasteiger partial charge in [-0.25, -0.2) is 14.6 Å². The van der Waals surface area contributed by atoms with Crippen molar-refractivity contribution in [2.24, 2.45) is 5.92 Å². The standard InChI is InChI=1S/C19H28N6OS/c1-14(2)10-18(26)23-17-4-7-22-25(17)16-5-8-24(9-6-16)13-15-11-20-19(27-3)21-12-15/h4,7,11-12,14,16H,5-6,8-10,13H2,1-3H3,(H,23,26). The first kappa shape index (κ1) is 19.8. The molecular formula is C19H28N6OS. The smallest absolute Gasteiger partial charge is 0.225 e. The third-order valence-corrected chi connectivity index (χ3v) is 5.28. The third-order valence-electron chi connectivity index (χ3n) is 4.70. The predicted molar refractivity (Wildman–Crippen MR) is 108 cm³/mol. The van der Waals surface area contributed by atoms with Gasteiger partial charge >= 0.3 is 0 Å². The number of hydrogen-bond donors (Lipinski definition) is 1. The fraction of sp³-hybridized carbons (Fsp3) is 0.579. The summed E-state index contributed by atoms with van der Waals surface area (Å²) in [7, 11) is 0. The van der Waals surface area contributed by atoms with Gasteiger partial charge in [0, 0.05) is 50.1 Å². The van der Waals surface area contributed by atoms with Crippen molar-refractivity contribution in [1.29, 1.82) is 0 Å². The molecular weight excluding hydrogens is 360 g/mol. The molecule has 1 N–H and O–H groups in total. The first-order valence-electron chi connectivity index (χ1n) is 9.45. The van der Waals surface area contributed by atoms with Crippen LogP contribution in [0.4, 0.5) is 5.82 Å². The minimum absolute atomic E-state index is 0.0536. The lowest BCUT2D eigenvalue weighted by Crippen LogP contribution is -2.35. The van der Waals surface area contributed by atoms with Crippen molar-refractivity contribution < 1.29 is 4.79 Å². The number of thioether (sulfide) groups is 1. The lowest BCUT2D eigenvalue weighted by atomic mass is 10.0. The molecule has 0 saturated carbocycles. The van der Waals surface area contributed by atoms with Gasteiger partial charge in [-0.3, -0.25) is 9.69 Å². The highest BCUT2D eigenvalue weighted by Crippen LogP contribution is 2.26. The number of amides is 1. The van der Waals surface area contributed by atoms with E-state index in [1.165, 1.54) is 0 Å². The average molecular weight is 389 g/mol. The van der Waals surface area contributed by atoms with Gasteiger partial charge < -0.3 is 5.32 Å². The molecule has 0 aliphatic carbocycles. The van der Waals surface area contributed by atoms with Gasteiger partial charge in [0.1, 0.15) is 5.82 Å². The molecule has 3 heterocycles. The van der Waals surface area contributed by atoms with Crippen LogP contribution >= 0.6 is 11.8 Å². The maximum Gasteiger partial charge on any atom is 0.225 e. The molecule has 0 unspecified atom stereocenters.